The summed E-state index contributed by atoms with van der Waals surface area (Å²) in [5.41, 5.74) is -2.00. The average Bonchev–Trinajstić information content (AvgIpc) is 3.18. The van der Waals surface area contributed by atoms with Crippen LogP contribution >= 0.6 is 0 Å². The summed E-state index contributed by atoms with van der Waals surface area (Å²) in [5, 5.41) is 85.0. The van der Waals surface area contributed by atoms with Crippen molar-refractivity contribution in [1.82, 2.24) is 0 Å². The maximum absolute atomic E-state index is 13.2. The topological polar surface area (TPSA) is 242 Å². The summed E-state index contributed by atoms with van der Waals surface area (Å²) in [5.74, 6) is -1.13. The third kappa shape index (κ3) is 6.30. The van der Waals surface area contributed by atoms with Crippen LogP contribution in [-0.4, -0.2) is 141 Å². The first kappa shape index (κ1) is 43.3. The zero-order chi connectivity index (χ0) is 41.7. The fourth-order valence-electron chi connectivity index (χ4n) is 13.7. The van der Waals surface area contributed by atoms with Crippen molar-refractivity contribution in [3.8, 4) is 0 Å². The van der Waals surface area contributed by atoms with Crippen LogP contribution in [0.3, 0.4) is 0 Å². The van der Waals surface area contributed by atoms with Crippen LogP contribution in [0.4, 0.5) is 0 Å². The van der Waals surface area contributed by atoms with Gasteiger partial charge in [-0.1, -0.05) is 39.3 Å². The molecule has 19 atom stereocenters. The standard InChI is InChI=1S/C42H66O15/c1-37(36(52)53-6)13-15-42(35(50)51)16-14-40(4)21(22(42)17-37)7-8-26-38(2)11-10-27(39(3,20-44)25(38)9-12-41(26,40)5)56-33-31(49)32(23(45)19-54-33)57-34-30(48)29(47)28(46)24(18-43)55-34/h7,22-34,43-49H,8-20H2,1-6H3,(H,50,51)/t22-,23-,24+,25+,26+,27-,28+,29-,30+,31+,32-,33-,34-,37+,38-,39-,40+,41+,42-/m0/s1. The van der Waals surface area contributed by atoms with Gasteiger partial charge >= 0.3 is 11.9 Å². The number of ether oxygens (including phenoxy) is 5. The molecule has 57 heavy (non-hydrogen) atoms. The molecule has 8 N–H and O–H groups in total. The molecule has 0 radical (unpaired) electrons. The summed E-state index contributed by atoms with van der Waals surface area (Å²) in [6.45, 7) is 9.83. The lowest BCUT2D eigenvalue weighted by Gasteiger charge is -2.71. The summed E-state index contributed by atoms with van der Waals surface area (Å²) in [6, 6.07) is 0. The highest BCUT2D eigenvalue weighted by Gasteiger charge is 2.70. The number of carboxylic acids is 1. The van der Waals surface area contributed by atoms with Crippen LogP contribution in [0.25, 0.3) is 0 Å². The van der Waals surface area contributed by atoms with E-state index in [9.17, 15) is 50.4 Å². The molecule has 0 unspecified atom stereocenters. The van der Waals surface area contributed by atoms with Gasteiger partial charge in [0.15, 0.2) is 12.6 Å². The Bertz CT molecular complexity index is 1570. The van der Waals surface area contributed by atoms with E-state index in [1.165, 1.54) is 12.7 Å². The predicted molar refractivity (Wildman–Crippen MR) is 200 cm³/mol. The number of fused-ring (bicyclic) bond motifs is 7. The molecule has 7 rings (SSSR count). The van der Waals surface area contributed by atoms with Crippen molar-refractivity contribution < 1.29 is 74.1 Å². The van der Waals surface area contributed by atoms with Crippen molar-refractivity contribution in [2.45, 2.75) is 160 Å². The molecule has 5 aliphatic carbocycles. The molecule has 2 saturated heterocycles. The smallest absolute Gasteiger partial charge is 0.311 e. The second kappa shape index (κ2) is 15.0. The van der Waals surface area contributed by atoms with E-state index in [1.54, 1.807) is 0 Å². The number of carbonyl (C=O) groups is 2. The number of aliphatic carboxylic acids is 1. The van der Waals surface area contributed by atoms with Crippen LogP contribution in [0.15, 0.2) is 11.6 Å². The van der Waals surface area contributed by atoms with Crippen LogP contribution in [0.5, 0.6) is 0 Å². The van der Waals surface area contributed by atoms with Crippen LogP contribution in [0.2, 0.25) is 0 Å². The van der Waals surface area contributed by atoms with E-state index >= 15 is 0 Å². The first-order chi connectivity index (χ1) is 26.7. The fraction of sp³-hybridized carbons (Fsp3) is 0.905. The van der Waals surface area contributed by atoms with E-state index in [4.69, 9.17) is 23.7 Å². The van der Waals surface area contributed by atoms with Gasteiger partial charge in [0.25, 0.3) is 0 Å². The molecular weight excluding hydrogens is 744 g/mol. The molecule has 0 bridgehead atoms. The number of hydrogen-bond acceptors (Lipinski definition) is 14. The van der Waals surface area contributed by atoms with Gasteiger partial charge in [0.1, 0.15) is 42.7 Å². The monoisotopic (exact) mass is 810 g/mol. The Kier molecular flexibility index (Phi) is 11.4. The third-order valence-electron chi connectivity index (χ3n) is 17.5. The number of hydrogen-bond donors (Lipinski definition) is 8. The highest BCUT2D eigenvalue weighted by molar-refractivity contribution is 5.80. The summed E-state index contributed by atoms with van der Waals surface area (Å²) >= 11 is 0. The van der Waals surface area contributed by atoms with E-state index in [0.717, 1.165) is 32.1 Å². The molecule has 324 valence electrons. The normalized spacial score (nSPS) is 53.6. The molecule has 0 aromatic carbocycles. The molecule has 0 aromatic rings. The quantitative estimate of drug-likeness (QED) is 0.0988. The molecule has 2 aliphatic heterocycles. The SMILES string of the molecule is COC(=O)[C@]1(C)CC[C@]2(C(=O)O)CC[C@]3(C)C(=CC[C@@H]4[C@@]5(C)CC[C@H](O[C@@H]6OC[C@H](O)[C@H](O[C@@H]7O[C@H](CO)[C@@H](O)[C@H](O)[C@H]7O)[C@H]6O)[C@@](C)(CO)[C@@H]5CC[C@]43C)[C@@H]2C1. The van der Waals surface area contributed by atoms with Crippen LogP contribution < -0.4 is 0 Å². The van der Waals surface area contributed by atoms with Gasteiger partial charge in [-0.3, -0.25) is 9.59 Å². The summed E-state index contributed by atoms with van der Waals surface area (Å²) in [4.78, 5) is 26.3. The minimum atomic E-state index is -1.74. The van der Waals surface area contributed by atoms with Gasteiger partial charge in [-0.25, -0.2) is 0 Å². The Morgan fingerprint density at radius 3 is 2.18 bits per heavy atom. The molecular formula is C42H66O15. The van der Waals surface area contributed by atoms with Gasteiger partial charge in [0.05, 0.1) is 43.9 Å². The molecule has 7 aliphatic rings. The maximum atomic E-state index is 13.2. The summed E-state index contributed by atoms with van der Waals surface area (Å²) < 4.78 is 28.9. The van der Waals surface area contributed by atoms with Gasteiger partial charge < -0.3 is 64.5 Å². The zero-order valence-electron chi connectivity index (χ0n) is 34.2. The van der Waals surface area contributed by atoms with Crippen molar-refractivity contribution in [3.05, 3.63) is 11.6 Å². The molecule has 15 nitrogen and oxygen atoms in total. The van der Waals surface area contributed by atoms with E-state index in [0.29, 0.717) is 32.1 Å². The van der Waals surface area contributed by atoms with Gasteiger partial charge in [-0.05, 0) is 105 Å². The average molecular weight is 811 g/mol. The number of aliphatic hydroxyl groups excluding tert-OH is 7. The molecule has 0 spiro atoms. The highest BCUT2D eigenvalue weighted by Crippen LogP contribution is 2.76. The van der Waals surface area contributed by atoms with Crippen molar-refractivity contribution in [2.24, 2.45) is 50.2 Å². The van der Waals surface area contributed by atoms with Crippen LogP contribution in [0.1, 0.15) is 98.8 Å². The number of carboxylic acid groups (broad SMARTS) is 1. The number of methoxy groups -OCH3 is 1. The van der Waals surface area contributed by atoms with E-state index in [1.807, 2.05) is 13.8 Å². The van der Waals surface area contributed by atoms with E-state index in [2.05, 4.69) is 26.8 Å². The van der Waals surface area contributed by atoms with Gasteiger partial charge in [0, 0.05) is 5.41 Å². The number of carbonyl (C=O) groups excluding carboxylic acids is 1. The van der Waals surface area contributed by atoms with Crippen molar-refractivity contribution in [2.75, 3.05) is 26.9 Å². The minimum absolute atomic E-state index is 0.0110. The molecule has 4 saturated carbocycles. The van der Waals surface area contributed by atoms with E-state index in [-0.39, 0.29) is 53.2 Å². The molecule has 2 heterocycles. The van der Waals surface area contributed by atoms with E-state index < -0.39 is 90.2 Å². The largest absolute Gasteiger partial charge is 0.481 e. The molecule has 6 fully saturated rings. The van der Waals surface area contributed by atoms with Gasteiger partial charge in [-0.2, -0.15) is 0 Å². The van der Waals surface area contributed by atoms with Gasteiger partial charge in [-0.15, -0.1) is 0 Å². The van der Waals surface area contributed by atoms with Crippen molar-refractivity contribution in [1.29, 1.82) is 0 Å². The number of aliphatic hydroxyl groups is 7. The van der Waals surface area contributed by atoms with Crippen molar-refractivity contribution in [3.63, 3.8) is 0 Å². The minimum Gasteiger partial charge on any atom is -0.481 e. The third-order valence-corrected chi connectivity index (χ3v) is 17.5. The highest BCUT2D eigenvalue weighted by atomic mass is 16.7. The molecule has 15 heteroatoms. The predicted octanol–water partition coefficient (Wildman–Crippen LogP) is 1.65. The van der Waals surface area contributed by atoms with Crippen LogP contribution in [0, 0.1) is 50.2 Å². The molecule has 0 aromatic heterocycles. The lowest BCUT2D eigenvalue weighted by Crippen LogP contribution is -2.67. The number of rotatable bonds is 8. The van der Waals surface area contributed by atoms with Gasteiger partial charge in [0.2, 0.25) is 0 Å². The Balaban J connectivity index is 1.12. The lowest BCUT2D eigenvalue weighted by atomic mass is 9.33. The summed E-state index contributed by atoms with van der Waals surface area (Å²) in [7, 11) is 1.40. The Hall–Kier alpha value is -1.76. The number of allylic oxidation sites excluding steroid dienone is 2. The number of esters is 1. The second-order valence-electron chi connectivity index (χ2n) is 19.9. The van der Waals surface area contributed by atoms with Crippen molar-refractivity contribution >= 4 is 11.9 Å². The Morgan fingerprint density at radius 2 is 1.53 bits per heavy atom. The second-order valence-corrected chi connectivity index (χ2v) is 19.9. The first-order valence-corrected chi connectivity index (χ1v) is 20.9. The lowest BCUT2D eigenvalue weighted by molar-refractivity contribution is -0.358. The first-order valence-electron chi connectivity index (χ1n) is 20.9. The Morgan fingerprint density at radius 1 is 0.825 bits per heavy atom. The fourth-order valence-corrected chi connectivity index (χ4v) is 13.7. The Labute approximate surface area is 334 Å². The maximum Gasteiger partial charge on any atom is 0.311 e. The molecule has 0 amide bonds. The summed E-state index contributed by atoms with van der Waals surface area (Å²) in [6.07, 6.45) is -5.40. The zero-order valence-corrected chi connectivity index (χ0v) is 34.2. The van der Waals surface area contributed by atoms with Crippen LogP contribution in [-0.2, 0) is 33.3 Å².